The lowest BCUT2D eigenvalue weighted by molar-refractivity contribution is 0.148. The van der Waals surface area contributed by atoms with Crippen molar-refractivity contribution in [3.63, 3.8) is 0 Å². The number of benzene rings is 2. The molecule has 1 aliphatic rings. The van der Waals surface area contributed by atoms with Crippen molar-refractivity contribution in [3.8, 4) is 17.1 Å². The van der Waals surface area contributed by atoms with Gasteiger partial charge in [0.1, 0.15) is 18.2 Å². The molecule has 31 heavy (non-hydrogen) atoms. The molecule has 1 saturated heterocycles. The highest BCUT2D eigenvalue weighted by molar-refractivity contribution is 5.80. The molecule has 0 atom stereocenters. The van der Waals surface area contributed by atoms with E-state index in [0.29, 0.717) is 16.7 Å². The molecular weight excluding hydrogens is 392 g/mol. The van der Waals surface area contributed by atoms with E-state index in [1.165, 1.54) is 0 Å². The molecule has 0 bridgehead atoms. The molecule has 4 rings (SSSR count). The van der Waals surface area contributed by atoms with Gasteiger partial charge in [0, 0.05) is 38.3 Å². The Morgan fingerprint density at radius 1 is 1.10 bits per heavy atom. The van der Waals surface area contributed by atoms with Crippen molar-refractivity contribution < 1.29 is 9.84 Å². The smallest absolute Gasteiger partial charge is 0.259 e. The fourth-order valence-corrected chi connectivity index (χ4v) is 4.15. The van der Waals surface area contributed by atoms with Crippen LogP contribution < -0.4 is 10.3 Å². The van der Waals surface area contributed by atoms with Gasteiger partial charge in [0.2, 0.25) is 0 Å². The fraction of sp³-hybridized carbons (Fsp3) is 0.417. The number of piperazine rings is 1. The van der Waals surface area contributed by atoms with Crippen molar-refractivity contribution in [2.75, 3.05) is 46.4 Å². The van der Waals surface area contributed by atoms with Crippen LogP contribution in [0.25, 0.3) is 22.3 Å². The number of nitrogens with zero attached hydrogens (tertiary/aromatic N) is 3. The molecule has 2 N–H and O–H groups in total. The van der Waals surface area contributed by atoms with Gasteiger partial charge < -0.3 is 19.7 Å². The molecule has 1 aromatic heterocycles. The minimum Gasteiger partial charge on any atom is -0.491 e. The number of nitrogens with one attached hydrogen (secondary N) is 1. The van der Waals surface area contributed by atoms with Gasteiger partial charge in [-0.2, -0.15) is 0 Å². The van der Waals surface area contributed by atoms with Crippen LogP contribution >= 0.6 is 0 Å². The zero-order valence-electron chi connectivity index (χ0n) is 18.4. The van der Waals surface area contributed by atoms with E-state index in [9.17, 15) is 4.79 Å². The van der Waals surface area contributed by atoms with Gasteiger partial charge in [0.25, 0.3) is 5.56 Å². The van der Waals surface area contributed by atoms with Crippen LogP contribution in [0.2, 0.25) is 0 Å². The first kappa shape index (κ1) is 21.5. The van der Waals surface area contributed by atoms with E-state index in [2.05, 4.69) is 27.9 Å². The van der Waals surface area contributed by atoms with Crippen molar-refractivity contribution in [3.05, 3.63) is 57.4 Å². The van der Waals surface area contributed by atoms with Crippen molar-refractivity contribution in [1.82, 2.24) is 19.8 Å². The molecular formula is C24H30N4O3. The molecule has 0 amide bonds. The molecule has 0 radical (unpaired) electrons. The zero-order valence-corrected chi connectivity index (χ0v) is 18.4. The number of hydrogen-bond acceptors (Lipinski definition) is 6. The van der Waals surface area contributed by atoms with E-state index in [1.807, 2.05) is 38.1 Å². The molecule has 2 heterocycles. The normalized spacial score (nSPS) is 15.5. The topological polar surface area (TPSA) is 81.7 Å². The van der Waals surface area contributed by atoms with E-state index < -0.39 is 0 Å². The summed E-state index contributed by atoms with van der Waals surface area (Å²) >= 11 is 0. The summed E-state index contributed by atoms with van der Waals surface area (Å²) in [6, 6.07) is 9.87. The molecule has 3 aromatic rings. The maximum Gasteiger partial charge on any atom is 0.259 e. The summed E-state index contributed by atoms with van der Waals surface area (Å²) in [6.45, 7) is 9.19. The van der Waals surface area contributed by atoms with Crippen molar-refractivity contribution in [2.24, 2.45) is 0 Å². The second-order valence-electron chi connectivity index (χ2n) is 8.36. The number of aryl methyl sites for hydroxylation is 2. The van der Waals surface area contributed by atoms with Crippen LogP contribution in [0.5, 0.6) is 5.75 Å². The summed E-state index contributed by atoms with van der Waals surface area (Å²) in [6.07, 6.45) is 0. The first-order valence-corrected chi connectivity index (χ1v) is 10.7. The SMILES string of the molecule is Cc1cc(-c2nc3ccc(CN4CCN(C)CC4)cc3c(=O)[nH]2)cc(C)c1OCCO. The number of aromatic nitrogens is 2. The van der Waals surface area contributed by atoms with Crippen LogP contribution in [0.4, 0.5) is 0 Å². The Kier molecular flexibility index (Phi) is 6.36. The molecule has 7 nitrogen and oxygen atoms in total. The Labute approximate surface area is 182 Å². The number of ether oxygens (including phenoxy) is 1. The van der Waals surface area contributed by atoms with E-state index >= 15 is 0 Å². The van der Waals surface area contributed by atoms with Crippen LogP contribution in [0.15, 0.2) is 35.1 Å². The quantitative estimate of drug-likeness (QED) is 0.635. The van der Waals surface area contributed by atoms with Crippen molar-refractivity contribution in [2.45, 2.75) is 20.4 Å². The summed E-state index contributed by atoms with van der Waals surface area (Å²) in [4.78, 5) is 25.3. The largest absolute Gasteiger partial charge is 0.491 e. The third kappa shape index (κ3) is 4.79. The maximum absolute atomic E-state index is 12.9. The fourth-order valence-electron chi connectivity index (χ4n) is 4.15. The zero-order chi connectivity index (χ0) is 22.0. The van der Waals surface area contributed by atoms with Gasteiger partial charge in [0.15, 0.2) is 0 Å². The third-order valence-corrected chi connectivity index (χ3v) is 5.84. The summed E-state index contributed by atoms with van der Waals surface area (Å²) in [7, 11) is 2.15. The number of aliphatic hydroxyl groups is 1. The van der Waals surface area contributed by atoms with Crippen molar-refractivity contribution in [1.29, 1.82) is 0 Å². The van der Waals surface area contributed by atoms with E-state index in [1.54, 1.807) is 0 Å². The molecule has 164 valence electrons. The van der Waals surface area contributed by atoms with E-state index in [4.69, 9.17) is 14.8 Å². The number of aliphatic hydroxyl groups excluding tert-OH is 1. The number of aromatic amines is 1. The molecule has 0 saturated carbocycles. The second kappa shape index (κ2) is 9.18. The second-order valence-corrected chi connectivity index (χ2v) is 8.36. The summed E-state index contributed by atoms with van der Waals surface area (Å²) in [5, 5.41) is 9.63. The van der Waals surface area contributed by atoms with E-state index in [0.717, 1.165) is 60.7 Å². The van der Waals surface area contributed by atoms with Gasteiger partial charge in [-0.3, -0.25) is 9.69 Å². The molecule has 0 aliphatic carbocycles. The monoisotopic (exact) mass is 422 g/mol. The number of fused-ring (bicyclic) bond motifs is 1. The van der Waals surface area contributed by atoms with Crippen molar-refractivity contribution >= 4 is 10.9 Å². The van der Waals surface area contributed by atoms with Crippen LogP contribution in [0.3, 0.4) is 0 Å². The molecule has 0 spiro atoms. The maximum atomic E-state index is 12.9. The molecule has 1 fully saturated rings. The standard InChI is InChI=1S/C24H30N4O3/c1-16-12-19(13-17(2)22(16)31-11-10-29)23-25-21-5-4-18(14-20(21)24(30)26-23)15-28-8-6-27(3)7-9-28/h4-5,12-14,29H,6-11,15H2,1-3H3,(H,25,26,30). The summed E-state index contributed by atoms with van der Waals surface area (Å²) in [5.74, 6) is 1.30. The Morgan fingerprint density at radius 2 is 1.81 bits per heavy atom. The van der Waals surface area contributed by atoms with Crippen LogP contribution in [0, 0.1) is 13.8 Å². The van der Waals surface area contributed by atoms with Crippen LogP contribution in [-0.4, -0.2) is 71.3 Å². The number of likely N-dealkylation sites (N-methyl/N-ethyl adjacent to an activating group) is 1. The molecule has 1 aliphatic heterocycles. The number of hydrogen-bond donors (Lipinski definition) is 2. The lowest BCUT2D eigenvalue weighted by Crippen LogP contribution is -2.43. The summed E-state index contributed by atoms with van der Waals surface area (Å²) in [5.41, 5.74) is 4.41. The lowest BCUT2D eigenvalue weighted by Gasteiger charge is -2.32. The highest BCUT2D eigenvalue weighted by Gasteiger charge is 2.15. The average molecular weight is 423 g/mol. The van der Waals surface area contributed by atoms with Gasteiger partial charge in [-0.25, -0.2) is 4.98 Å². The Balaban J connectivity index is 1.62. The first-order chi connectivity index (χ1) is 14.9. The highest BCUT2D eigenvalue weighted by Crippen LogP contribution is 2.29. The molecule has 0 unspecified atom stereocenters. The first-order valence-electron chi connectivity index (χ1n) is 10.7. The Bertz CT molecular complexity index is 1110. The predicted octanol–water partition coefficient (Wildman–Crippen LogP) is 2.33. The Hall–Kier alpha value is -2.74. The third-order valence-electron chi connectivity index (χ3n) is 5.84. The van der Waals surface area contributed by atoms with Gasteiger partial charge in [-0.15, -0.1) is 0 Å². The lowest BCUT2D eigenvalue weighted by atomic mass is 10.0. The molecule has 2 aromatic carbocycles. The van der Waals surface area contributed by atoms with Gasteiger partial charge in [-0.1, -0.05) is 6.07 Å². The Morgan fingerprint density at radius 3 is 2.48 bits per heavy atom. The van der Waals surface area contributed by atoms with Gasteiger partial charge in [-0.05, 0) is 61.9 Å². The minimum atomic E-state index is -0.129. The van der Waals surface area contributed by atoms with Gasteiger partial charge >= 0.3 is 0 Å². The van der Waals surface area contributed by atoms with Crippen LogP contribution in [0.1, 0.15) is 16.7 Å². The highest BCUT2D eigenvalue weighted by atomic mass is 16.5. The molecule has 7 heteroatoms. The van der Waals surface area contributed by atoms with Gasteiger partial charge in [0.05, 0.1) is 17.5 Å². The van der Waals surface area contributed by atoms with E-state index in [-0.39, 0.29) is 18.8 Å². The summed E-state index contributed by atoms with van der Waals surface area (Å²) < 4.78 is 5.63. The van der Waals surface area contributed by atoms with Crippen LogP contribution in [-0.2, 0) is 6.54 Å². The number of H-pyrrole nitrogens is 1. The number of rotatable bonds is 6. The minimum absolute atomic E-state index is 0.0308. The predicted molar refractivity (Wildman–Crippen MR) is 123 cm³/mol. The average Bonchev–Trinajstić information content (AvgIpc) is 2.75.